The van der Waals surface area contributed by atoms with Crippen LogP contribution < -0.4 is 10.5 Å². The van der Waals surface area contributed by atoms with E-state index in [9.17, 15) is 16.8 Å². The summed E-state index contributed by atoms with van der Waals surface area (Å²) in [6.45, 7) is 0.584. The molecule has 0 unspecified atom stereocenters. The van der Waals surface area contributed by atoms with E-state index in [1.54, 1.807) is 0 Å². The lowest BCUT2D eigenvalue weighted by Crippen LogP contribution is -2.27. The smallest absolute Gasteiger partial charge is 0.242 e. The highest BCUT2D eigenvalue weighted by Crippen LogP contribution is 2.17. The third-order valence-electron chi connectivity index (χ3n) is 2.57. The molecule has 0 aliphatic carbocycles. The van der Waals surface area contributed by atoms with Gasteiger partial charge in [-0.25, -0.2) is 25.9 Å². The van der Waals surface area contributed by atoms with Crippen LogP contribution in [0.15, 0.2) is 34.1 Å². The molecule has 0 aliphatic heterocycles. The van der Waals surface area contributed by atoms with Crippen molar-refractivity contribution in [3.05, 3.63) is 24.3 Å². The SMILES string of the molecule is CN(C)S(=O)(=O)c1cccc(S(=O)(=O)NCCCN)c1. The van der Waals surface area contributed by atoms with Crippen LogP contribution in [-0.2, 0) is 20.0 Å². The average Bonchev–Trinajstić information content (AvgIpc) is 2.39. The molecular formula is C11H19N3O4S2. The van der Waals surface area contributed by atoms with Crippen molar-refractivity contribution in [1.29, 1.82) is 0 Å². The molecule has 0 amide bonds. The second-order valence-electron chi connectivity index (χ2n) is 4.30. The van der Waals surface area contributed by atoms with E-state index in [4.69, 9.17) is 5.73 Å². The summed E-state index contributed by atoms with van der Waals surface area (Å²) in [6, 6.07) is 5.24. The monoisotopic (exact) mass is 321 g/mol. The first kappa shape index (κ1) is 17.1. The minimum Gasteiger partial charge on any atom is -0.330 e. The molecule has 1 rings (SSSR count). The molecule has 0 saturated heterocycles. The van der Waals surface area contributed by atoms with Crippen molar-refractivity contribution in [3.8, 4) is 0 Å². The lowest BCUT2D eigenvalue weighted by molar-refractivity contribution is 0.520. The van der Waals surface area contributed by atoms with Crippen molar-refractivity contribution < 1.29 is 16.8 Å². The maximum atomic E-state index is 12.0. The zero-order chi connectivity index (χ0) is 15.4. The summed E-state index contributed by atoms with van der Waals surface area (Å²) in [4.78, 5) is -0.151. The van der Waals surface area contributed by atoms with Crippen molar-refractivity contribution in [2.24, 2.45) is 5.73 Å². The quantitative estimate of drug-likeness (QED) is 0.662. The second-order valence-corrected chi connectivity index (χ2v) is 8.22. The molecule has 0 heterocycles. The number of rotatable bonds is 7. The summed E-state index contributed by atoms with van der Waals surface area (Å²) < 4.78 is 51.3. The Morgan fingerprint density at radius 1 is 1.15 bits per heavy atom. The number of hydrogen-bond donors (Lipinski definition) is 2. The fraction of sp³-hybridized carbons (Fsp3) is 0.455. The highest BCUT2D eigenvalue weighted by molar-refractivity contribution is 7.90. The molecule has 0 radical (unpaired) electrons. The number of hydrogen-bond acceptors (Lipinski definition) is 5. The number of nitrogens with two attached hydrogens (primary N) is 1. The molecule has 0 bridgehead atoms. The Kier molecular flexibility index (Phi) is 5.66. The fourth-order valence-electron chi connectivity index (χ4n) is 1.40. The van der Waals surface area contributed by atoms with Gasteiger partial charge in [-0.3, -0.25) is 0 Å². The molecule has 0 atom stereocenters. The van der Waals surface area contributed by atoms with E-state index in [1.807, 2.05) is 0 Å². The van der Waals surface area contributed by atoms with Gasteiger partial charge in [0, 0.05) is 20.6 Å². The first-order valence-corrected chi connectivity index (χ1v) is 8.86. The summed E-state index contributed by atoms with van der Waals surface area (Å²) in [7, 11) is -4.62. The summed E-state index contributed by atoms with van der Waals surface area (Å²) in [5, 5.41) is 0. The van der Waals surface area contributed by atoms with Crippen LogP contribution in [0, 0.1) is 0 Å². The molecule has 0 aromatic heterocycles. The van der Waals surface area contributed by atoms with Crippen LogP contribution in [0.3, 0.4) is 0 Å². The van der Waals surface area contributed by atoms with Gasteiger partial charge in [-0.1, -0.05) is 6.07 Å². The van der Waals surface area contributed by atoms with E-state index in [0.29, 0.717) is 13.0 Å². The van der Waals surface area contributed by atoms with Crippen LogP contribution in [0.4, 0.5) is 0 Å². The lowest BCUT2D eigenvalue weighted by atomic mass is 10.4. The maximum Gasteiger partial charge on any atom is 0.242 e. The normalized spacial score (nSPS) is 12.8. The fourth-order valence-corrected chi connectivity index (χ4v) is 3.55. The molecule has 3 N–H and O–H groups in total. The molecule has 0 spiro atoms. The van der Waals surface area contributed by atoms with Gasteiger partial charge in [0.25, 0.3) is 0 Å². The molecule has 0 fully saturated rings. The zero-order valence-electron chi connectivity index (χ0n) is 11.4. The van der Waals surface area contributed by atoms with Crippen LogP contribution >= 0.6 is 0 Å². The standard InChI is InChI=1S/C11H19N3O4S2/c1-14(2)20(17,18)11-6-3-5-10(9-11)19(15,16)13-8-4-7-12/h3,5-6,9,13H,4,7-8,12H2,1-2H3. The van der Waals surface area contributed by atoms with E-state index in [2.05, 4.69) is 4.72 Å². The zero-order valence-corrected chi connectivity index (χ0v) is 13.0. The van der Waals surface area contributed by atoms with E-state index in [0.717, 1.165) is 10.4 Å². The topological polar surface area (TPSA) is 110 Å². The van der Waals surface area contributed by atoms with E-state index in [-0.39, 0.29) is 16.3 Å². The maximum absolute atomic E-state index is 12.0. The van der Waals surface area contributed by atoms with E-state index >= 15 is 0 Å². The van der Waals surface area contributed by atoms with Crippen LogP contribution in [0.1, 0.15) is 6.42 Å². The molecule has 9 heteroatoms. The Balaban J connectivity index is 3.11. The Labute approximate surface area is 119 Å². The Bertz CT molecular complexity index is 654. The molecule has 7 nitrogen and oxygen atoms in total. The van der Waals surface area contributed by atoms with Gasteiger partial charge in [-0.2, -0.15) is 0 Å². The van der Waals surface area contributed by atoms with Gasteiger partial charge >= 0.3 is 0 Å². The first-order valence-electron chi connectivity index (χ1n) is 5.94. The van der Waals surface area contributed by atoms with E-state index < -0.39 is 20.0 Å². The van der Waals surface area contributed by atoms with Gasteiger partial charge < -0.3 is 5.73 Å². The van der Waals surface area contributed by atoms with Gasteiger partial charge in [0.1, 0.15) is 0 Å². The van der Waals surface area contributed by atoms with E-state index in [1.165, 1.54) is 32.3 Å². The largest absolute Gasteiger partial charge is 0.330 e. The Hall–Kier alpha value is -1.00. The molecule has 114 valence electrons. The van der Waals surface area contributed by atoms with Gasteiger partial charge in [0.2, 0.25) is 20.0 Å². The highest BCUT2D eigenvalue weighted by atomic mass is 32.2. The number of sulfonamides is 2. The molecule has 20 heavy (non-hydrogen) atoms. The minimum absolute atomic E-state index is 0.0656. The number of nitrogens with one attached hydrogen (secondary N) is 1. The van der Waals surface area contributed by atoms with Gasteiger partial charge in [-0.15, -0.1) is 0 Å². The van der Waals surface area contributed by atoms with Gasteiger partial charge in [0.05, 0.1) is 9.79 Å². The summed E-state index contributed by atoms with van der Waals surface area (Å²) in [6.07, 6.45) is 0.509. The van der Waals surface area contributed by atoms with Crippen LogP contribution in [0.2, 0.25) is 0 Å². The molecule has 1 aromatic rings. The van der Waals surface area contributed by atoms with Crippen molar-refractivity contribution in [2.75, 3.05) is 27.2 Å². The number of nitrogens with zero attached hydrogens (tertiary/aromatic N) is 1. The Morgan fingerprint density at radius 2 is 1.75 bits per heavy atom. The van der Waals surface area contributed by atoms with Crippen LogP contribution in [0.5, 0.6) is 0 Å². The van der Waals surface area contributed by atoms with Gasteiger partial charge in [0.15, 0.2) is 0 Å². The van der Waals surface area contributed by atoms with Gasteiger partial charge in [-0.05, 0) is 31.2 Å². The summed E-state index contributed by atoms with van der Waals surface area (Å²) in [5.41, 5.74) is 5.29. The third-order valence-corrected chi connectivity index (χ3v) is 5.84. The molecule has 0 saturated carbocycles. The van der Waals surface area contributed by atoms with Crippen molar-refractivity contribution in [3.63, 3.8) is 0 Å². The molecule has 0 aliphatic rings. The van der Waals surface area contributed by atoms with Crippen LogP contribution in [-0.4, -0.2) is 48.3 Å². The van der Waals surface area contributed by atoms with Crippen molar-refractivity contribution in [1.82, 2.24) is 9.03 Å². The Morgan fingerprint density at radius 3 is 2.30 bits per heavy atom. The highest BCUT2D eigenvalue weighted by Gasteiger charge is 2.20. The minimum atomic E-state index is -3.73. The first-order chi connectivity index (χ1) is 9.21. The lowest BCUT2D eigenvalue weighted by Gasteiger charge is -2.12. The third kappa shape index (κ3) is 4.00. The predicted molar refractivity (Wildman–Crippen MR) is 76.2 cm³/mol. The molecule has 1 aromatic carbocycles. The second kappa shape index (κ2) is 6.64. The average molecular weight is 321 g/mol. The summed E-state index contributed by atoms with van der Waals surface area (Å²) >= 11 is 0. The van der Waals surface area contributed by atoms with Crippen molar-refractivity contribution in [2.45, 2.75) is 16.2 Å². The van der Waals surface area contributed by atoms with Crippen LogP contribution in [0.25, 0.3) is 0 Å². The number of benzene rings is 1. The predicted octanol–water partition coefficient (Wildman–Crippen LogP) is -0.436. The summed E-state index contributed by atoms with van der Waals surface area (Å²) in [5.74, 6) is 0. The molecular weight excluding hydrogens is 302 g/mol. The van der Waals surface area contributed by atoms with Crippen molar-refractivity contribution >= 4 is 20.0 Å².